The minimum atomic E-state index is -0.588. The van der Waals surface area contributed by atoms with E-state index in [1.165, 1.54) is 20.3 Å². The Kier molecular flexibility index (Phi) is 11.9. The minimum absolute atomic E-state index is 0. The molecule has 0 unspecified atom stereocenters. The molecule has 246 valence electrons. The summed E-state index contributed by atoms with van der Waals surface area (Å²) in [5.74, 6) is 0.503. The van der Waals surface area contributed by atoms with Gasteiger partial charge in [0.15, 0.2) is 22.9 Å². The van der Waals surface area contributed by atoms with E-state index in [0.29, 0.717) is 59.0 Å². The summed E-state index contributed by atoms with van der Waals surface area (Å²) in [7, 11) is 2.93. The van der Waals surface area contributed by atoms with Crippen LogP contribution in [-0.4, -0.2) is 59.5 Å². The van der Waals surface area contributed by atoms with Crippen molar-refractivity contribution in [2.75, 3.05) is 32.2 Å². The highest BCUT2D eigenvalue weighted by Gasteiger charge is 2.26. The number of nitriles is 2. The second-order valence-corrected chi connectivity index (χ2v) is 10.8. The highest BCUT2D eigenvalue weighted by atomic mass is 35.5. The molecule has 2 aromatic carbocycles. The van der Waals surface area contributed by atoms with E-state index in [2.05, 4.69) is 21.3 Å². The number of methoxy groups -OCH3 is 2. The first-order valence-corrected chi connectivity index (χ1v) is 14.8. The number of hydroxylamine groups is 1. The fourth-order valence-corrected chi connectivity index (χ4v) is 5.56. The number of piperidine rings is 1. The summed E-state index contributed by atoms with van der Waals surface area (Å²) in [5.41, 5.74) is 6.35. The van der Waals surface area contributed by atoms with Gasteiger partial charge >= 0.3 is 0 Å². The molecule has 1 amide bonds. The molecule has 0 radical (unpaired) electrons. The average molecular weight is 668 g/mol. The van der Waals surface area contributed by atoms with Gasteiger partial charge in [-0.05, 0) is 53.8 Å². The molecule has 13 heteroatoms. The van der Waals surface area contributed by atoms with Gasteiger partial charge in [0.1, 0.15) is 23.5 Å². The average Bonchev–Trinajstić information content (AvgIpc) is 3.12. The maximum atomic E-state index is 11.2. The quantitative estimate of drug-likeness (QED) is 0.102. The van der Waals surface area contributed by atoms with Crippen LogP contribution in [0.15, 0.2) is 67.0 Å². The van der Waals surface area contributed by atoms with E-state index >= 15 is 0 Å². The van der Waals surface area contributed by atoms with E-state index in [1.54, 1.807) is 48.2 Å². The second kappa shape index (κ2) is 16.3. The number of phenolic OH excluding ortho intramolecular Hbond substituents is 1. The zero-order chi connectivity index (χ0) is 33.3. The van der Waals surface area contributed by atoms with Crippen molar-refractivity contribution >= 4 is 30.2 Å². The van der Waals surface area contributed by atoms with Crippen LogP contribution in [0.25, 0.3) is 28.3 Å². The van der Waals surface area contributed by atoms with Gasteiger partial charge in [0.05, 0.1) is 14.2 Å². The van der Waals surface area contributed by atoms with E-state index in [1.807, 2.05) is 30.3 Å². The molecule has 0 spiro atoms. The summed E-state index contributed by atoms with van der Waals surface area (Å²) in [5, 5.41) is 42.8. The number of hydrogen-bond donors (Lipinski definition) is 4. The number of aromatic hydroxyl groups is 1. The van der Waals surface area contributed by atoms with Crippen LogP contribution in [0.3, 0.4) is 0 Å². The Balaban J connectivity index is 0.00000520. The lowest BCUT2D eigenvalue weighted by Gasteiger charge is -2.34. The van der Waals surface area contributed by atoms with Crippen molar-refractivity contribution in [1.29, 1.82) is 10.5 Å². The minimum Gasteiger partial charge on any atom is -0.504 e. The number of benzene rings is 2. The molecule has 5 rings (SSSR count). The van der Waals surface area contributed by atoms with Gasteiger partial charge < -0.3 is 24.8 Å². The molecular weight excluding hydrogens is 634 g/mol. The number of anilines is 1. The van der Waals surface area contributed by atoms with Crippen molar-refractivity contribution in [3.63, 3.8) is 0 Å². The van der Waals surface area contributed by atoms with Gasteiger partial charge in [0.25, 0.3) is 5.91 Å². The number of nitrogens with zero attached hydrogens (tertiary/aromatic N) is 5. The number of ether oxygens (including phenoxy) is 2. The number of pyridine rings is 2. The molecule has 4 N–H and O–H groups in total. The van der Waals surface area contributed by atoms with Gasteiger partial charge in [-0.1, -0.05) is 30.3 Å². The monoisotopic (exact) mass is 667 g/mol. The maximum Gasteiger partial charge on any atom is 0.267 e. The molecule has 4 aromatic rings. The summed E-state index contributed by atoms with van der Waals surface area (Å²) < 4.78 is 10.6. The second-order valence-electron chi connectivity index (χ2n) is 10.8. The molecule has 0 bridgehead atoms. The number of halogens is 1. The van der Waals surface area contributed by atoms with Crippen LogP contribution >= 0.6 is 12.4 Å². The van der Waals surface area contributed by atoms with Crippen molar-refractivity contribution in [3.8, 4) is 51.6 Å². The third kappa shape index (κ3) is 7.82. The number of carbonyl (C=O) groups excluding carboxylic acids is 1. The van der Waals surface area contributed by atoms with Crippen LogP contribution in [0.2, 0.25) is 0 Å². The first-order valence-electron chi connectivity index (χ1n) is 14.8. The number of rotatable bonds is 10. The maximum absolute atomic E-state index is 11.2. The number of nitrogens with one attached hydrogen (secondary N) is 2. The topological polar surface area (TPSA) is 177 Å². The Bertz CT molecular complexity index is 1880. The first-order chi connectivity index (χ1) is 22.9. The van der Waals surface area contributed by atoms with Crippen LogP contribution in [0.5, 0.6) is 17.2 Å². The van der Waals surface area contributed by atoms with Crippen molar-refractivity contribution < 1.29 is 24.6 Å². The number of phenols is 1. The summed E-state index contributed by atoms with van der Waals surface area (Å²) in [6.45, 7) is 2.02. The number of carbonyl (C=O) groups is 1. The normalized spacial score (nSPS) is 12.9. The third-order valence-corrected chi connectivity index (χ3v) is 8.03. The molecule has 2 aromatic heterocycles. The van der Waals surface area contributed by atoms with Crippen LogP contribution < -0.4 is 25.2 Å². The van der Waals surface area contributed by atoms with Crippen LogP contribution in [-0.2, 0) is 11.3 Å². The molecule has 12 nitrogen and oxygen atoms in total. The van der Waals surface area contributed by atoms with Gasteiger partial charge in [-0.25, -0.2) is 15.4 Å². The molecule has 1 saturated heterocycles. The molecule has 1 aliphatic heterocycles. The van der Waals surface area contributed by atoms with Crippen LogP contribution in [0.1, 0.15) is 35.2 Å². The molecular formula is C35H34ClN7O5. The van der Waals surface area contributed by atoms with Gasteiger partial charge in [0, 0.05) is 60.8 Å². The van der Waals surface area contributed by atoms with Crippen molar-refractivity contribution in [3.05, 3.63) is 89.4 Å². The fourth-order valence-electron chi connectivity index (χ4n) is 5.56. The van der Waals surface area contributed by atoms with E-state index in [9.17, 15) is 20.4 Å². The largest absolute Gasteiger partial charge is 0.504 e. The molecule has 3 heterocycles. The van der Waals surface area contributed by atoms with Crippen LogP contribution in [0.4, 0.5) is 5.82 Å². The SMILES string of the molecule is COc1ccc(-c2cnc(N3CCC(NCc4ccc(/C=C/C(=O)NO)cc4)CC3)c(C#N)c2-c2cnc(C#N)c(OC)c2)cc1O.Cl. The van der Waals surface area contributed by atoms with Gasteiger partial charge in [0.2, 0.25) is 0 Å². The van der Waals surface area contributed by atoms with Gasteiger partial charge in [-0.2, -0.15) is 10.5 Å². The van der Waals surface area contributed by atoms with Gasteiger partial charge in [-0.3, -0.25) is 10.0 Å². The predicted octanol–water partition coefficient (Wildman–Crippen LogP) is 4.98. The lowest BCUT2D eigenvalue weighted by molar-refractivity contribution is -0.124. The molecule has 1 aliphatic rings. The lowest BCUT2D eigenvalue weighted by Crippen LogP contribution is -2.42. The van der Waals surface area contributed by atoms with E-state index in [0.717, 1.165) is 24.0 Å². The summed E-state index contributed by atoms with van der Waals surface area (Å²) in [4.78, 5) is 22.4. The van der Waals surface area contributed by atoms with Crippen LogP contribution in [0, 0.1) is 22.7 Å². The predicted molar refractivity (Wildman–Crippen MR) is 182 cm³/mol. The lowest BCUT2D eigenvalue weighted by atomic mass is 9.92. The van der Waals surface area contributed by atoms with E-state index < -0.39 is 5.91 Å². The number of hydrogen-bond acceptors (Lipinski definition) is 11. The van der Waals surface area contributed by atoms with E-state index in [-0.39, 0.29) is 35.6 Å². The Morgan fingerprint density at radius 2 is 1.73 bits per heavy atom. The van der Waals surface area contributed by atoms with E-state index in [4.69, 9.17) is 19.7 Å². The molecule has 0 aliphatic carbocycles. The molecule has 0 saturated carbocycles. The van der Waals surface area contributed by atoms with Crippen molar-refractivity contribution in [2.24, 2.45) is 0 Å². The Hall–Kier alpha value is -5.66. The summed E-state index contributed by atoms with van der Waals surface area (Å²) in [6, 6.07) is 19.1. The Labute approximate surface area is 284 Å². The van der Waals surface area contributed by atoms with Crippen molar-refractivity contribution in [1.82, 2.24) is 20.8 Å². The zero-order valence-electron chi connectivity index (χ0n) is 26.3. The third-order valence-electron chi connectivity index (χ3n) is 8.03. The standard InChI is InChI=1S/C35H33N7O5.ClH/c1-46-31-9-8-24(15-30(31)43)28-21-40-35(27(17-36)34(28)25-16-32(47-2)29(18-37)39-20-25)42-13-11-26(12-14-42)38-19-23-5-3-22(4-6-23)7-10-33(44)41-45;/h3-10,15-16,20-21,26,38,43,45H,11-14,19H2,1-2H3,(H,41,44);1H/b10-7+;. The summed E-state index contributed by atoms with van der Waals surface area (Å²) >= 11 is 0. The van der Waals surface area contributed by atoms with Gasteiger partial charge in [-0.15, -0.1) is 12.4 Å². The Morgan fingerprint density at radius 1 is 1.00 bits per heavy atom. The number of aromatic nitrogens is 2. The smallest absolute Gasteiger partial charge is 0.267 e. The fraction of sp³-hybridized carbons (Fsp3) is 0.229. The molecule has 1 fully saturated rings. The Morgan fingerprint density at radius 3 is 2.35 bits per heavy atom. The highest BCUT2D eigenvalue weighted by Crippen LogP contribution is 2.41. The summed E-state index contributed by atoms with van der Waals surface area (Å²) in [6.07, 6.45) is 7.77. The number of amides is 1. The van der Waals surface area contributed by atoms with Crippen molar-refractivity contribution in [2.45, 2.75) is 25.4 Å². The molecule has 0 atom stereocenters. The highest BCUT2D eigenvalue weighted by molar-refractivity contribution is 5.91. The zero-order valence-corrected chi connectivity index (χ0v) is 27.1. The first kappa shape index (κ1) is 35.2. The molecule has 48 heavy (non-hydrogen) atoms.